The summed E-state index contributed by atoms with van der Waals surface area (Å²) in [7, 11) is -3.44. The highest BCUT2D eigenvalue weighted by molar-refractivity contribution is 7.89. The van der Waals surface area contributed by atoms with Crippen molar-refractivity contribution in [3.63, 3.8) is 0 Å². The largest absolute Gasteiger partial charge is 0.361 e. The summed E-state index contributed by atoms with van der Waals surface area (Å²) in [6, 6.07) is 13.3. The second-order valence-electron chi connectivity index (χ2n) is 8.14. The van der Waals surface area contributed by atoms with Gasteiger partial charge in [-0.25, -0.2) is 13.1 Å². The number of H-pyrrole nitrogens is 1. The Labute approximate surface area is 188 Å². The number of halogens is 1. The third-order valence-corrected chi connectivity index (χ3v) is 7.48. The zero-order valence-corrected chi connectivity index (χ0v) is 19.2. The lowest BCUT2D eigenvalue weighted by molar-refractivity contribution is 0.476. The minimum absolute atomic E-state index is 0.329. The lowest BCUT2D eigenvalue weighted by Gasteiger charge is -2.24. The van der Waals surface area contributed by atoms with Crippen LogP contribution in [-0.4, -0.2) is 32.5 Å². The summed E-state index contributed by atoms with van der Waals surface area (Å²) < 4.78 is 27.5. The highest BCUT2D eigenvalue weighted by Gasteiger charge is 2.18. The molecule has 164 valence electrons. The van der Waals surface area contributed by atoms with Crippen molar-refractivity contribution in [1.82, 2.24) is 15.0 Å². The van der Waals surface area contributed by atoms with Gasteiger partial charge in [0.2, 0.25) is 10.0 Å². The van der Waals surface area contributed by atoms with Crippen molar-refractivity contribution in [2.24, 2.45) is 0 Å². The molecule has 3 aromatic rings. The van der Waals surface area contributed by atoms with E-state index in [1.807, 2.05) is 31.2 Å². The van der Waals surface area contributed by atoms with Crippen LogP contribution in [0.3, 0.4) is 0 Å². The molecular weight excluding hydrogens is 430 g/mol. The molecule has 2 heterocycles. The second-order valence-corrected chi connectivity index (χ2v) is 10.3. The van der Waals surface area contributed by atoms with Crippen LogP contribution in [0.5, 0.6) is 0 Å². The van der Waals surface area contributed by atoms with Gasteiger partial charge in [-0.1, -0.05) is 36.2 Å². The third-order valence-electron chi connectivity index (χ3n) is 5.78. The first-order chi connectivity index (χ1) is 14.9. The number of unbranched alkanes of at least 4 members (excludes halogenated alkanes) is 1. The third kappa shape index (κ3) is 5.39. The topological polar surface area (TPSA) is 74.0 Å². The predicted octanol–water partition coefficient (Wildman–Crippen LogP) is 5.02. The van der Waals surface area contributed by atoms with Gasteiger partial charge >= 0.3 is 0 Å². The van der Waals surface area contributed by atoms with Gasteiger partial charge in [-0.3, -0.25) is 0 Å². The molecule has 0 saturated heterocycles. The summed E-state index contributed by atoms with van der Waals surface area (Å²) >= 11 is 6.20. The van der Waals surface area contributed by atoms with E-state index >= 15 is 0 Å². The molecule has 1 unspecified atom stereocenters. The number of sulfonamides is 1. The molecule has 7 heteroatoms. The maximum atomic E-state index is 12.4. The molecular formula is C24H28ClN3O2S. The average Bonchev–Trinajstić information content (AvgIpc) is 3.17. The number of fused-ring (bicyclic) bond motifs is 1. The summed E-state index contributed by atoms with van der Waals surface area (Å²) in [6.07, 6.45) is 8.04. The molecule has 1 aromatic heterocycles. The molecule has 0 bridgehead atoms. The summed E-state index contributed by atoms with van der Waals surface area (Å²) in [6.45, 7) is 3.18. The van der Waals surface area contributed by atoms with Crippen molar-refractivity contribution in [2.75, 3.05) is 13.1 Å². The molecule has 2 aromatic carbocycles. The molecule has 0 fully saturated rings. The van der Waals surface area contributed by atoms with E-state index in [1.54, 1.807) is 18.2 Å². The molecule has 0 saturated carbocycles. The quantitative estimate of drug-likeness (QED) is 0.415. The maximum Gasteiger partial charge on any atom is 0.240 e. The fourth-order valence-electron chi connectivity index (χ4n) is 4.14. The molecule has 3 N–H and O–H groups in total. The molecule has 1 aliphatic rings. The van der Waals surface area contributed by atoms with Crippen molar-refractivity contribution in [2.45, 2.75) is 43.5 Å². The van der Waals surface area contributed by atoms with Crippen LogP contribution in [0, 0.1) is 6.92 Å². The molecule has 1 aliphatic heterocycles. The average molecular weight is 458 g/mol. The van der Waals surface area contributed by atoms with E-state index in [1.165, 1.54) is 11.1 Å². The van der Waals surface area contributed by atoms with Crippen LogP contribution in [0.15, 0.2) is 59.6 Å². The van der Waals surface area contributed by atoms with E-state index in [0.717, 1.165) is 53.7 Å². The Bertz CT molecular complexity index is 1200. The van der Waals surface area contributed by atoms with E-state index in [9.17, 15) is 8.42 Å². The molecule has 1 atom stereocenters. The zero-order chi connectivity index (χ0) is 21.8. The van der Waals surface area contributed by atoms with E-state index in [4.69, 9.17) is 11.6 Å². The van der Waals surface area contributed by atoms with Crippen LogP contribution < -0.4 is 10.0 Å². The monoisotopic (exact) mass is 457 g/mol. The van der Waals surface area contributed by atoms with Gasteiger partial charge in [0.25, 0.3) is 0 Å². The van der Waals surface area contributed by atoms with Gasteiger partial charge in [0.05, 0.1) is 4.90 Å². The number of rotatable bonds is 8. The first-order valence-corrected chi connectivity index (χ1v) is 12.5. The lowest BCUT2D eigenvalue weighted by Crippen LogP contribution is -2.33. The Morgan fingerprint density at radius 1 is 1.16 bits per heavy atom. The van der Waals surface area contributed by atoms with Crippen molar-refractivity contribution in [3.8, 4) is 0 Å². The fraction of sp³-hybridized carbons (Fsp3) is 0.333. The highest BCUT2D eigenvalue weighted by Crippen LogP contribution is 2.31. The Hall–Kier alpha value is -2.12. The minimum atomic E-state index is -3.44. The summed E-state index contributed by atoms with van der Waals surface area (Å²) in [5, 5.41) is 5.46. The predicted molar refractivity (Wildman–Crippen MR) is 128 cm³/mol. The lowest BCUT2D eigenvalue weighted by atomic mass is 9.92. The molecule has 31 heavy (non-hydrogen) atoms. The Morgan fingerprint density at radius 3 is 2.87 bits per heavy atom. The molecule has 0 radical (unpaired) electrons. The van der Waals surface area contributed by atoms with Crippen LogP contribution in [0.1, 0.15) is 36.8 Å². The van der Waals surface area contributed by atoms with Gasteiger partial charge in [0, 0.05) is 46.8 Å². The number of hydrogen-bond acceptors (Lipinski definition) is 3. The Morgan fingerprint density at radius 2 is 2.03 bits per heavy atom. The second kappa shape index (κ2) is 9.57. The minimum Gasteiger partial charge on any atom is -0.361 e. The van der Waals surface area contributed by atoms with Crippen LogP contribution in [0.25, 0.3) is 16.5 Å². The van der Waals surface area contributed by atoms with Crippen LogP contribution in [0.4, 0.5) is 0 Å². The van der Waals surface area contributed by atoms with Crippen molar-refractivity contribution < 1.29 is 8.42 Å². The number of aromatic amines is 1. The smallest absolute Gasteiger partial charge is 0.240 e. The number of nitrogens with one attached hydrogen (secondary N) is 3. The van der Waals surface area contributed by atoms with Gasteiger partial charge in [-0.15, -0.1) is 0 Å². The van der Waals surface area contributed by atoms with Gasteiger partial charge in [0.1, 0.15) is 0 Å². The van der Waals surface area contributed by atoms with E-state index < -0.39 is 10.0 Å². The highest BCUT2D eigenvalue weighted by atomic mass is 35.5. The summed E-state index contributed by atoms with van der Waals surface area (Å²) in [5.74, 6) is 0. The Kier molecular flexibility index (Phi) is 6.82. The van der Waals surface area contributed by atoms with E-state index in [-0.39, 0.29) is 0 Å². The van der Waals surface area contributed by atoms with Crippen LogP contribution in [0.2, 0.25) is 5.02 Å². The molecule has 0 aliphatic carbocycles. The molecule has 4 rings (SSSR count). The molecule has 0 spiro atoms. The first-order valence-electron chi connectivity index (χ1n) is 10.7. The Balaban J connectivity index is 1.27. The standard InChI is InChI=1S/C24H28ClN3O2S/c1-17-5-4-7-21(13-17)31(29,30)28-11-3-2-6-20-14-18(10-12-26-20)23-16-27-24-9-8-19(25)15-22(23)24/h4-5,7-10,13,15-16,20,26-28H,2-3,6,11-12,14H2,1H3. The number of aryl methyl sites for hydroxylation is 1. The fourth-order valence-corrected chi connectivity index (χ4v) is 5.49. The zero-order valence-electron chi connectivity index (χ0n) is 17.6. The van der Waals surface area contributed by atoms with Crippen LogP contribution in [-0.2, 0) is 10.0 Å². The van der Waals surface area contributed by atoms with E-state index in [2.05, 4.69) is 27.3 Å². The molecule has 5 nitrogen and oxygen atoms in total. The number of hydrogen-bond donors (Lipinski definition) is 3. The first kappa shape index (κ1) is 22.1. The van der Waals surface area contributed by atoms with Gasteiger partial charge in [-0.05, 0) is 67.7 Å². The van der Waals surface area contributed by atoms with Gasteiger partial charge in [0.15, 0.2) is 0 Å². The maximum absolute atomic E-state index is 12.4. The van der Waals surface area contributed by atoms with Gasteiger partial charge in [-0.2, -0.15) is 0 Å². The van der Waals surface area contributed by atoms with Crippen LogP contribution >= 0.6 is 11.6 Å². The molecule has 0 amide bonds. The number of aromatic nitrogens is 1. The van der Waals surface area contributed by atoms with Crippen molar-refractivity contribution in [1.29, 1.82) is 0 Å². The van der Waals surface area contributed by atoms with Gasteiger partial charge < -0.3 is 10.3 Å². The van der Waals surface area contributed by atoms with Crippen molar-refractivity contribution in [3.05, 3.63) is 70.9 Å². The summed E-state index contributed by atoms with van der Waals surface area (Å²) in [4.78, 5) is 3.66. The normalized spacial score (nSPS) is 17.1. The SMILES string of the molecule is Cc1cccc(S(=O)(=O)NCCCCC2CC(c3c[nH]c4ccc(Cl)cc34)=CCN2)c1. The number of benzene rings is 2. The summed E-state index contributed by atoms with van der Waals surface area (Å²) in [5.41, 5.74) is 4.58. The van der Waals surface area contributed by atoms with Crippen molar-refractivity contribution >= 4 is 38.1 Å². The van der Waals surface area contributed by atoms with E-state index in [0.29, 0.717) is 17.5 Å².